The molecule has 0 aromatic rings. The van der Waals surface area contributed by atoms with Crippen molar-refractivity contribution in [1.29, 1.82) is 0 Å². The highest BCUT2D eigenvalue weighted by Gasteiger charge is 2.17. The van der Waals surface area contributed by atoms with Gasteiger partial charge in [0.05, 0.1) is 12.2 Å². The molecule has 0 amide bonds. The maximum atomic E-state index is 9.79. The molecule has 14 heavy (non-hydrogen) atoms. The summed E-state index contributed by atoms with van der Waals surface area (Å²) in [7, 11) is 1.65. The van der Waals surface area contributed by atoms with Crippen LogP contribution in [0.4, 0.5) is 0 Å². The highest BCUT2D eigenvalue weighted by molar-refractivity contribution is 4.69. The second-order valence-electron chi connectivity index (χ2n) is 4.16. The number of methoxy groups -OCH3 is 1. The minimum Gasteiger partial charge on any atom is -0.390 e. The van der Waals surface area contributed by atoms with Crippen molar-refractivity contribution >= 4 is 0 Å². The lowest BCUT2D eigenvalue weighted by Gasteiger charge is -2.22. The van der Waals surface area contributed by atoms with E-state index in [1.807, 2.05) is 6.92 Å². The van der Waals surface area contributed by atoms with Crippen LogP contribution in [0, 0.1) is 5.92 Å². The monoisotopic (exact) mass is 202 g/mol. The van der Waals surface area contributed by atoms with E-state index in [2.05, 4.69) is 13.8 Å². The van der Waals surface area contributed by atoms with E-state index < -0.39 is 0 Å². The Morgan fingerprint density at radius 1 is 1.29 bits per heavy atom. The Kier molecular flexibility index (Phi) is 8.20. The Labute approximate surface area is 88.7 Å². The third-order valence-electron chi connectivity index (χ3n) is 3.03. The molecule has 0 fully saturated rings. The number of aliphatic hydroxyl groups is 1. The van der Waals surface area contributed by atoms with E-state index in [0.29, 0.717) is 5.92 Å². The number of rotatable bonds is 8. The molecule has 0 aliphatic carbocycles. The average molecular weight is 202 g/mol. The Hall–Kier alpha value is -0.0800. The van der Waals surface area contributed by atoms with Crippen molar-refractivity contribution in [2.45, 2.75) is 65.1 Å². The Balaban J connectivity index is 3.79. The van der Waals surface area contributed by atoms with Crippen molar-refractivity contribution < 1.29 is 9.84 Å². The Morgan fingerprint density at radius 3 is 2.36 bits per heavy atom. The van der Waals surface area contributed by atoms with E-state index in [0.717, 1.165) is 12.8 Å². The topological polar surface area (TPSA) is 29.5 Å². The van der Waals surface area contributed by atoms with Gasteiger partial charge in [-0.2, -0.15) is 0 Å². The van der Waals surface area contributed by atoms with E-state index in [-0.39, 0.29) is 12.2 Å². The molecule has 0 spiro atoms. The summed E-state index contributed by atoms with van der Waals surface area (Å²) in [5.74, 6) is 0.655. The average Bonchev–Trinajstić information content (AvgIpc) is 2.22. The normalized spacial score (nSPS) is 17.8. The molecular formula is C12H26O2. The molecule has 0 rings (SSSR count). The van der Waals surface area contributed by atoms with Gasteiger partial charge in [0, 0.05) is 7.11 Å². The van der Waals surface area contributed by atoms with Crippen LogP contribution in [0.5, 0.6) is 0 Å². The molecule has 0 aromatic heterocycles. The molecule has 1 N–H and O–H groups in total. The zero-order valence-corrected chi connectivity index (χ0v) is 10.1. The molecule has 0 heterocycles. The van der Waals surface area contributed by atoms with E-state index in [1.54, 1.807) is 7.11 Å². The summed E-state index contributed by atoms with van der Waals surface area (Å²) in [6, 6.07) is 0. The van der Waals surface area contributed by atoms with Gasteiger partial charge in [0.25, 0.3) is 0 Å². The maximum Gasteiger partial charge on any atom is 0.0802 e. The van der Waals surface area contributed by atoms with Crippen molar-refractivity contribution in [1.82, 2.24) is 0 Å². The minimum absolute atomic E-state index is 0.0364. The first-order valence-corrected chi connectivity index (χ1v) is 5.86. The molecule has 3 unspecified atom stereocenters. The standard InChI is InChI=1S/C12H26O2/c1-5-7-8-11(6-2)9-12(13)10(3)14-4/h10-13H,5-9H2,1-4H3. The molecule has 0 radical (unpaired) electrons. The fourth-order valence-electron chi connectivity index (χ4n) is 1.67. The first-order valence-electron chi connectivity index (χ1n) is 5.86. The molecule has 2 heteroatoms. The summed E-state index contributed by atoms with van der Waals surface area (Å²) in [6.45, 7) is 6.34. The van der Waals surface area contributed by atoms with Crippen molar-refractivity contribution in [3.05, 3.63) is 0 Å². The molecule has 0 saturated carbocycles. The third-order valence-corrected chi connectivity index (χ3v) is 3.03. The van der Waals surface area contributed by atoms with Crippen LogP contribution in [0.3, 0.4) is 0 Å². The molecule has 0 aliphatic heterocycles. The SMILES string of the molecule is CCCCC(CC)CC(O)C(C)OC. The number of aliphatic hydroxyl groups excluding tert-OH is 1. The molecule has 2 nitrogen and oxygen atoms in total. The third kappa shape index (κ3) is 5.61. The van der Waals surface area contributed by atoms with Gasteiger partial charge < -0.3 is 9.84 Å². The van der Waals surface area contributed by atoms with Crippen molar-refractivity contribution in [3.8, 4) is 0 Å². The predicted octanol–water partition coefficient (Wildman–Crippen LogP) is 2.99. The molecule has 0 saturated heterocycles. The quantitative estimate of drug-likeness (QED) is 0.655. The van der Waals surface area contributed by atoms with E-state index in [1.165, 1.54) is 19.3 Å². The maximum absolute atomic E-state index is 9.79. The molecule has 0 aliphatic rings. The second-order valence-corrected chi connectivity index (χ2v) is 4.16. The van der Waals surface area contributed by atoms with Gasteiger partial charge >= 0.3 is 0 Å². The summed E-state index contributed by atoms with van der Waals surface area (Å²) in [5, 5.41) is 9.79. The largest absolute Gasteiger partial charge is 0.390 e. The van der Waals surface area contributed by atoms with Crippen LogP contribution in [0.15, 0.2) is 0 Å². The van der Waals surface area contributed by atoms with E-state index in [9.17, 15) is 5.11 Å². The first-order chi connectivity index (χ1) is 6.65. The van der Waals surface area contributed by atoms with Crippen LogP contribution in [0.2, 0.25) is 0 Å². The van der Waals surface area contributed by atoms with Crippen LogP contribution >= 0.6 is 0 Å². The van der Waals surface area contributed by atoms with Crippen LogP contribution in [-0.4, -0.2) is 24.4 Å². The highest BCUT2D eigenvalue weighted by atomic mass is 16.5. The van der Waals surface area contributed by atoms with Gasteiger partial charge in [0.1, 0.15) is 0 Å². The fraction of sp³-hybridized carbons (Fsp3) is 1.00. The van der Waals surface area contributed by atoms with E-state index in [4.69, 9.17) is 4.74 Å². The van der Waals surface area contributed by atoms with Gasteiger partial charge in [-0.1, -0.05) is 39.5 Å². The molecule has 0 bridgehead atoms. The van der Waals surface area contributed by atoms with Crippen molar-refractivity contribution in [2.75, 3.05) is 7.11 Å². The van der Waals surface area contributed by atoms with E-state index >= 15 is 0 Å². The van der Waals surface area contributed by atoms with Crippen LogP contribution in [0.1, 0.15) is 52.9 Å². The number of hydrogen-bond acceptors (Lipinski definition) is 2. The lowest BCUT2D eigenvalue weighted by molar-refractivity contribution is -0.0131. The van der Waals surface area contributed by atoms with Crippen LogP contribution in [-0.2, 0) is 4.74 Å². The second kappa shape index (κ2) is 8.25. The zero-order valence-electron chi connectivity index (χ0n) is 10.1. The Bertz CT molecular complexity index is 125. The Morgan fingerprint density at radius 2 is 1.93 bits per heavy atom. The molecule has 3 atom stereocenters. The summed E-state index contributed by atoms with van der Waals surface area (Å²) < 4.78 is 5.11. The number of ether oxygens (including phenoxy) is 1. The minimum atomic E-state index is -0.304. The zero-order chi connectivity index (χ0) is 11.0. The number of unbranched alkanes of at least 4 members (excludes halogenated alkanes) is 1. The molecule has 86 valence electrons. The summed E-state index contributed by atoms with van der Waals surface area (Å²) in [6.07, 6.45) is 5.45. The summed E-state index contributed by atoms with van der Waals surface area (Å²) in [4.78, 5) is 0. The fourth-order valence-corrected chi connectivity index (χ4v) is 1.67. The van der Waals surface area contributed by atoms with Gasteiger partial charge in [-0.15, -0.1) is 0 Å². The van der Waals surface area contributed by atoms with Crippen molar-refractivity contribution in [3.63, 3.8) is 0 Å². The highest BCUT2D eigenvalue weighted by Crippen LogP contribution is 2.20. The molecular weight excluding hydrogens is 176 g/mol. The van der Waals surface area contributed by atoms with Gasteiger partial charge in [-0.05, 0) is 19.3 Å². The van der Waals surface area contributed by atoms with Crippen LogP contribution < -0.4 is 0 Å². The lowest BCUT2D eigenvalue weighted by atomic mass is 9.92. The van der Waals surface area contributed by atoms with Gasteiger partial charge in [-0.3, -0.25) is 0 Å². The van der Waals surface area contributed by atoms with Gasteiger partial charge in [-0.25, -0.2) is 0 Å². The molecule has 0 aromatic carbocycles. The smallest absolute Gasteiger partial charge is 0.0802 e. The first kappa shape index (κ1) is 13.9. The van der Waals surface area contributed by atoms with Crippen molar-refractivity contribution in [2.24, 2.45) is 5.92 Å². The van der Waals surface area contributed by atoms with Gasteiger partial charge in [0.15, 0.2) is 0 Å². The summed E-state index contributed by atoms with van der Waals surface area (Å²) >= 11 is 0. The van der Waals surface area contributed by atoms with Gasteiger partial charge in [0.2, 0.25) is 0 Å². The predicted molar refractivity (Wildman–Crippen MR) is 60.4 cm³/mol. The lowest BCUT2D eigenvalue weighted by Crippen LogP contribution is -2.27. The number of hydrogen-bond donors (Lipinski definition) is 1. The summed E-state index contributed by atoms with van der Waals surface area (Å²) in [5.41, 5.74) is 0. The van der Waals surface area contributed by atoms with Crippen LogP contribution in [0.25, 0.3) is 0 Å².